The van der Waals surface area contributed by atoms with E-state index in [1.54, 1.807) is 0 Å². The van der Waals surface area contributed by atoms with E-state index in [0.29, 0.717) is 0 Å². The molecule has 1 heterocycles. The highest BCUT2D eigenvalue weighted by molar-refractivity contribution is 5.14. The maximum atomic E-state index is 2.60. The Morgan fingerprint density at radius 2 is 1.72 bits per heavy atom. The van der Waals surface area contributed by atoms with Crippen LogP contribution in [0.5, 0.6) is 0 Å². The third kappa shape index (κ3) is 4.43. The summed E-state index contributed by atoms with van der Waals surface area (Å²) in [5, 5.41) is 0. The number of benzene rings is 1. The van der Waals surface area contributed by atoms with Crippen molar-refractivity contribution in [3.8, 4) is 0 Å². The smallest absolute Gasteiger partial charge is 0.0510 e. The number of rotatable bonds is 7. The molecule has 0 spiro atoms. The lowest BCUT2D eigenvalue weighted by molar-refractivity contribution is 0.237. The molecule has 2 nitrogen and oxygen atoms in total. The fraction of sp³-hybridized carbons (Fsp3) is 0.625. The van der Waals surface area contributed by atoms with Gasteiger partial charge in [0.2, 0.25) is 0 Å². The van der Waals surface area contributed by atoms with E-state index in [1.165, 1.54) is 50.9 Å². The zero-order valence-corrected chi connectivity index (χ0v) is 11.6. The molecule has 0 amide bonds. The van der Waals surface area contributed by atoms with Gasteiger partial charge in [0.25, 0.3) is 0 Å². The minimum absolute atomic E-state index is 1.10. The number of hydrogen-bond acceptors (Lipinski definition) is 2. The fourth-order valence-electron chi connectivity index (χ4n) is 2.62. The first-order chi connectivity index (χ1) is 8.88. The van der Waals surface area contributed by atoms with Crippen LogP contribution in [0.25, 0.3) is 0 Å². The van der Waals surface area contributed by atoms with Crippen molar-refractivity contribution in [1.82, 2.24) is 9.80 Å². The predicted molar refractivity (Wildman–Crippen MR) is 77.4 cm³/mol. The molecule has 18 heavy (non-hydrogen) atoms. The average Bonchev–Trinajstić information content (AvgIpc) is 2.84. The Hall–Kier alpha value is -0.860. The quantitative estimate of drug-likeness (QED) is 0.681. The van der Waals surface area contributed by atoms with Crippen molar-refractivity contribution >= 4 is 0 Å². The van der Waals surface area contributed by atoms with Crippen LogP contribution in [0.3, 0.4) is 0 Å². The second-order valence-electron chi connectivity index (χ2n) is 5.36. The Kier molecular flexibility index (Phi) is 5.69. The van der Waals surface area contributed by atoms with Crippen LogP contribution in [0, 0.1) is 0 Å². The van der Waals surface area contributed by atoms with E-state index >= 15 is 0 Å². The summed E-state index contributed by atoms with van der Waals surface area (Å²) in [6.45, 7) is 8.29. The molecule has 2 heteroatoms. The Labute approximate surface area is 112 Å². The largest absolute Gasteiger partial charge is 0.289 e. The molecule has 1 fully saturated rings. The minimum Gasteiger partial charge on any atom is -0.289 e. The molecule has 1 aliphatic heterocycles. The number of unbranched alkanes of at least 4 members (excludes halogenated alkanes) is 3. The molecule has 100 valence electrons. The van der Waals surface area contributed by atoms with E-state index in [4.69, 9.17) is 0 Å². The van der Waals surface area contributed by atoms with Crippen molar-refractivity contribution < 1.29 is 0 Å². The molecule has 1 aromatic carbocycles. The molecule has 0 aliphatic carbocycles. The Balaban J connectivity index is 1.65. The van der Waals surface area contributed by atoms with Crippen LogP contribution in [0.1, 0.15) is 38.2 Å². The van der Waals surface area contributed by atoms with Crippen LogP contribution >= 0.6 is 0 Å². The molecular formula is C16H26N2. The van der Waals surface area contributed by atoms with Gasteiger partial charge in [0.1, 0.15) is 0 Å². The van der Waals surface area contributed by atoms with Gasteiger partial charge in [0.15, 0.2) is 0 Å². The zero-order valence-electron chi connectivity index (χ0n) is 11.6. The summed E-state index contributed by atoms with van der Waals surface area (Å²) in [6, 6.07) is 10.8. The molecular weight excluding hydrogens is 220 g/mol. The van der Waals surface area contributed by atoms with Crippen molar-refractivity contribution in [2.75, 3.05) is 26.3 Å². The molecule has 0 aromatic heterocycles. The van der Waals surface area contributed by atoms with E-state index in [0.717, 1.165) is 13.2 Å². The van der Waals surface area contributed by atoms with Gasteiger partial charge in [-0.1, -0.05) is 56.5 Å². The molecule has 0 saturated carbocycles. The second kappa shape index (κ2) is 7.55. The SMILES string of the molecule is CCCCCCN1CCN(Cc2ccccc2)C1. The lowest BCUT2D eigenvalue weighted by Crippen LogP contribution is -2.26. The van der Waals surface area contributed by atoms with Crippen molar-refractivity contribution in [2.24, 2.45) is 0 Å². The van der Waals surface area contributed by atoms with Crippen molar-refractivity contribution in [1.29, 1.82) is 0 Å². The van der Waals surface area contributed by atoms with Crippen molar-refractivity contribution in [2.45, 2.75) is 39.2 Å². The predicted octanol–water partition coefficient (Wildman–Crippen LogP) is 3.34. The first-order valence-corrected chi connectivity index (χ1v) is 7.37. The maximum absolute atomic E-state index is 2.60. The summed E-state index contributed by atoms with van der Waals surface area (Å²) >= 11 is 0. The Morgan fingerprint density at radius 1 is 0.944 bits per heavy atom. The van der Waals surface area contributed by atoms with Gasteiger partial charge < -0.3 is 0 Å². The second-order valence-corrected chi connectivity index (χ2v) is 5.36. The number of nitrogens with zero attached hydrogens (tertiary/aromatic N) is 2. The van der Waals surface area contributed by atoms with Crippen molar-refractivity contribution in [3.05, 3.63) is 35.9 Å². The standard InChI is InChI=1S/C16H26N2/c1-2-3-4-8-11-17-12-13-18(15-17)14-16-9-6-5-7-10-16/h5-7,9-10H,2-4,8,11-15H2,1H3. The fourth-order valence-corrected chi connectivity index (χ4v) is 2.62. The van der Waals surface area contributed by atoms with Gasteiger partial charge in [-0.15, -0.1) is 0 Å². The highest BCUT2D eigenvalue weighted by Crippen LogP contribution is 2.11. The Bertz CT molecular complexity index is 323. The van der Waals surface area contributed by atoms with Gasteiger partial charge >= 0.3 is 0 Å². The van der Waals surface area contributed by atoms with Crippen LogP contribution < -0.4 is 0 Å². The van der Waals surface area contributed by atoms with E-state index in [9.17, 15) is 0 Å². The van der Waals surface area contributed by atoms with E-state index < -0.39 is 0 Å². The summed E-state index contributed by atoms with van der Waals surface area (Å²) in [6.07, 6.45) is 5.49. The van der Waals surface area contributed by atoms with Gasteiger partial charge in [-0.2, -0.15) is 0 Å². The highest BCUT2D eigenvalue weighted by atomic mass is 15.4. The summed E-state index contributed by atoms with van der Waals surface area (Å²) in [7, 11) is 0. The van der Waals surface area contributed by atoms with E-state index in [-0.39, 0.29) is 0 Å². The summed E-state index contributed by atoms with van der Waals surface area (Å²) < 4.78 is 0. The third-order valence-corrected chi connectivity index (χ3v) is 3.71. The van der Waals surface area contributed by atoms with Gasteiger partial charge in [-0.05, 0) is 18.5 Å². The molecule has 1 saturated heterocycles. The highest BCUT2D eigenvalue weighted by Gasteiger charge is 2.18. The van der Waals surface area contributed by atoms with Crippen LogP contribution in [0.2, 0.25) is 0 Å². The van der Waals surface area contributed by atoms with Crippen LogP contribution in [-0.2, 0) is 6.54 Å². The van der Waals surface area contributed by atoms with Crippen LogP contribution in [-0.4, -0.2) is 36.1 Å². The monoisotopic (exact) mass is 246 g/mol. The van der Waals surface area contributed by atoms with E-state index in [2.05, 4.69) is 47.1 Å². The first-order valence-electron chi connectivity index (χ1n) is 7.37. The zero-order chi connectivity index (χ0) is 12.6. The van der Waals surface area contributed by atoms with Crippen molar-refractivity contribution in [3.63, 3.8) is 0 Å². The lowest BCUT2D eigenvalue weighted by atomic mass is 10.2. The number of hydrogen-bond donors (Lipinski definition) is 0. The topological polar surface area (TPSA) is 6.48 Å². The normalized spacial score (nSPS) is 17.4. The van der Waals surface area contributed by atoms with Crippen LogP contribution in [0.15, 0.2) is 30.3 Å². The third-order valence-electron chi connectivity index (χ3n) is 3.71. The summed E-state index contributed by atoms with van der Waals surface area (Å²) in [4.78, 5) is 5.15. The molecule has 1 aromatic rings. The molecule has 0 bridgehead atoms. The molecule has 0 radical (unpaired) electrons. The maximum Gasteiger partial charge on any atom is 0.0510 e. The van der Waals surface area contributed by atoms with Gasteiger partial charge in [0, 0.05) is 19.6 Å². The first kappa shape index (κ1) is 13.6. The molecule has 0 atom stereocenters. The summed E-state index contributed by atoms with van der Waals surface area (Å²) in [5.41, 5.74) is 1.44. The molecule has 0 unspecified atom stereocenters. The molecule has 2 rings (SSSR count). The molecule has 1 aliphatic rings. The van der Waals surface area contributed by atoms with Gasteiger partial charge in [-0.3, -0.25) is 9.80 Å². The van der Waals surface area contributed by atoms with Crippen LogP contribution in [0.4, 0.5) is 0 Å². The molecule has 0 N–H and O–H groups in total. The lowest BCUT2D eigenvalue weighted by Gasteiger charge is -2.18. The average molecular weight is 246 g/mol. The van der Waals surface area contributed by atoms with E-state index in [1.807, 2.05) is 0 Å². The minimum atomic E-state index is 1.10. The summed E-state index contributed by atoms with van der Waals surface area (Å²) in [5.74, 6) is 0. The van der Waals surface area contributed by atoms with Gasteiger partial charge in [0.05, 0.1) is 6.67 Å². The Morgan fingerprint density at radius 3 is 2.50 bits per heavy atom. The van der Waals surface area contributed by atoms with Gasteiger partial charge in [-0.25, -0.2) is 0 Å².